The number of fused-ring (bicyclic) bond motifs is 1. The van der Waals surface area contributed by atoms with Gasteiger partial charge in [0.05, 0.1) is 23.3 Å². The number of nitrogens with zero attached hydrogens (tertiary/aromatic N) is 2. The number of nitrogens with two attached hydrogens (primary N) is 2. The minimum atomic E-state index is -3.84. The largest absolute Gasteiger partial charge is 0.488 e. The van der Waals surface area contributed by atoms with Crippen molar-refractivity contribution in [3.8, 4) is 5.75 Å². The first kappa shape index (κ1) is 30.4. The fraction of sp³-hybridized carbons (Fsp3) is 0.387. The fourth-order valence-corrected chi connectivity index (χ4v) is 7.11. The molecular weight excluding hydrogens is 540 g/mol. The summed E-state index contributed by atoms with van der Waals surface area (Å²) in [6.07, 6.45) is -0.357. The number of aryl methyl sites for hydroxylation is 1. The Labute approximate surface area is 242 Å². The van der Waals surface area contributed by atoms with E-state index in [1.54, 1.807) is 43.1 Å². The maximum absolute atomic E-state index is 13.7. The van der Waals surface area contributed by atoms with Gasteiger partial charge in [0.2, 0.25) is 10.0 Å². The lowest BCUT2D eigenvalue weighted by Crippen LogP contribution is -2.36. The van der Waals surface area contributed by atoms with Crippen LogP contribution in [0, 0.1) is 19.3 Å². The van der Waals surface area contributed by atoms with Crippen LogP contribution < -0.4 is 21.3 Å². The molecule has 0 aromatic heterocycles. The van der Waals surface area contributed by atoms with Gasteiger partial charge < -0.3 is 20.6 Å². The van der Waals surface area contributed by atoms with Crippen molar-refractivity contribution in [3.05, 3.63) is 82.4 Å². The number of hydrogen-bond acceptors (Lipinski definition) is 7. The number of hydrogen-bond donors (Lipinski definition) is 3. The molecule has 10 heteroatoms. The monoisotopic (exact) mass is 580 g/mol. The summed E-state index contributed by atoms with van der Waals surface area (Å²) < 4.78 is 34.8. The minimum Gasteiger partial charge on any atom is -0.488 e. The quantitative estimate of drug-likeness (QED) is 0.196. The number of carbonyl (C=O) groups is 1. The number of rotatable bonds is 8. The van der Waals surface area contributed by atoms with Gasteiger partial charge in [0, 0.05) is 19.0 Å². The van der Waals surface area contributed by atoms with E-state index in [0.29, 0.717) is 23.7 Å². The fourth-order valence-electron chi connectivity index (χ4n) is 5.49. The summed E-state index contributed by atoms with van der Waals surface area (Å²) >= 11 is 0. The van der Waals surface area contributed by atoms with Crippen LogP contribution in [0.5, 0.6) is 5.75 Å². The summed E-state index contributed by atoms with van der Waals surface area (Å²) in [4.78, 5) is 12.7. The van der Waals surface area contributed by atoms with E-state index >= 15 is 0 Å². The zero-order valence-electron chi connectivity index (χ0n) is 24.5. The molecule has 1 unspecified atom stereocenters. The van der Waals surface area contributed by atoms with Crippen molar-refractivity contribution in [1.82, 2.24) is 4.31 Å². The molecule has 1 aliphatic rings. The van der Waals surface area contributed by atoms with Gasteiger partial charge in [0.25, 0.3) is 0 Å². The van der Waals surface area contributed by atoms with Crippen LogP contribution in [0.15, 0.2) is 59.5 Å². The van der Waals surface area contributed by atoms with Crippen molar-refractivity contribution in [2.24, 2.45) is 11.3 Å². The van der Waals surface area contributed by atoms with Crippen LogP contribution >= 0.6 is 0 Å². The molecule has 3 aromatic rings. The van der Waals surface area contributed by atoms with Gasteiger partial charge in [-0.2, -0.15) is 4.31 Å². The van der Waals surface area contributed by atoms with E-state index in [0.717, 1.165) is 27.8 Å². The maximum Gasteiger partial charge on any atom is 0.310 e. The van der Waals surface area contributed by atoms with Crippen molar-refractivity contribution >= 4 is 27.4 Å². The Hall–Kier alpha value is -3.60. The molecule has 2 atom stereocenters. The van der Waals surface area contributed by atoms with E-state index in [1.165, 1.54) is 4.31 Å². The number of aliphatic carboxylic acids is 1. The molecule has 220 valence electrons. The Morgan fingerprint density at radius 1 is 1.17 bits per heavy atom. The van der Waals surface area contributed by atoms with Crippen LogP contribution in [0.2, 0.25) is 0 Å². The molecular formula is C31H40N4O5S. The number of nitrogen functional groups attached to an aromatic ring is 1. The van der Waals surface area contributed by atoms with E-state index < -0.39 is 27.3 Å². The van der Waals surface area contributed by atoms with Crippen LogP contribution in [0.4, 0.5) is 11.4 Å². The molecule has 0 saturated heterocycles. The second kappa shape index (κ2) is 11.3. The second-order valence-corrected chi connectivity index (χ2v) is 13.2. The third-order valence-electron chi connectivity index (χ3n) is 8.08. The van der Waals surface area contributed by atoms with Gasteiger partial charge in [-0.25, -0.2) is 14.3 Å². The lowest BCUT2D eigenvalue weighted by atomic mass is 9.69. The number of para-hydroxylation sites is 1. The predicted octanol–water partition coefficient (Wildman–Crippen LogP) is 4.80. The van der Waals surface area contributed by atoms with E-state index in [2.05, 4.69) is 0 Å². The zero-order valence-corrected chi connectivity index (χ0v) is 25.3. The van der Waals surface area contributed by atoms with Crippen molar-refractivity contribution in [1.29, 1.82) is 0 Å². The molecule has 1 heterocycles. The zero-order chi connectivity index (χ0) is 30.3. The molecule has 0 aliphatic carbocycles. The Bertz CT molecular complexity index is 1570. The van der Waals surface area contributed by atoms with Crippen molar-refractivity contribution < 1.29 is 23.1 Å². The Morgan fingerprint density at radius 3 is 2.51 bits per heavy atom. The third kappa shape index (κ3) is 5.64. The molecule has 0 radical (unpaired) electrons. The normalized spacial score (nSPS) is 17.7. The lowest BCUT2D eigenvalue weighted by molar-refractivity contribution is -0.147. The summed E-state index contributed by atoms with van der Waals surface area (Å²) in [6, 6.07) is 16.1. The highest BCUT2D eigenvalue weighted by molar-refractivity contribution is 7.89. The summed E-state index contributed by atoms with van der Waals surface area (Å²) in [7, 11) is -3.84. The molecule has 9 nitrogen and oxygen atoms in total. The molecule has 3 aromatic carbocycles. The molecule has 4 rings (SSSR count). The van der Waals surface area contributed by atoms with Crippen molar-refractivity contribution in [3.63, 3.8) is 0 Å². The second-order valence-electron chi connectivity index (χ2n) is 11.3. The molecule has 1 aliphatic heterocycles. The van der Waals surface area contributed by atoms with Gasteiger partial charge >= 0.3 is 5.97 Å². The third-order valence-corrected chi connectivity index (χ3v) is 9.93. The topological polar surface area (TPSA) is 139 Å². The number of benzene rings is 3. The number of anilines is 2. The first-order chi connectivity index (χ1) is 19.2. The number of hydrazine groups is 1. The maximum atomic E-state index is 13.7. The Balaban J connectivity index is 1.83. The summed E-state index contributed by atoms with van der Waals surface area (Å²) in [6.45, 7) is 11.8. The Kier molecular flexibility index (Phi) is 8.40. The summed E-state index contributed by atoms with van der Waals surface area (Å²) in [5.41, 5.74) is 10.4. The standard InChI is InChI=1S/C31H40N4O5S/c1-7-35(33)25-15-14-24(21(4)29(25)32)28(31(5,6)30(36)37)22-13-12-19(2)23(16-22)18-34-17-20(3)40-26-10-8-9-11-27(26)41(34,38)39/h8-16,20,28H,7,17-18,32-33H2,1-6H3,(H,36,37)/t20-,28?/m1/s1. The SMILES string of the molecule is CCN(N)c1ccc(C(c2ccc(C)c(CN3C[C@@H](C)Oc4ccccc4S3(=O)=O)c2)C(C)(C)C(=O)O)c(C)c1N. The van der Waals surface area contributed by atoms with E-state index in [-0.39, 0.29) is 24.1 Å². The first-order valence-electron chi connectivity index (χ1n) is 13.7. The number of carboxylic acids is 1. The van der Waals surface area contributed by atoms with Crippen LogP contribution in [0.25, 0.3) is 0 Å². The van der Waals surface area contributed by atoms with Crippen molar-refractivity contribution in [2.45, 2.75) is 65.0 Å². The van der Waals surface area contributed by atoms with E-state index in [4.69, 9.17) is 16.3 Å². The number of ether oxygens (including phenoxy) is 1. The van der Waals surface area contributed by atoms with Crippen molar-refractivity contribution in [2.75, 3.05) is 23.8 Å². The Morgan fingerprint density at radius 2 is 1.85 bits per heavy atom. The minimum absolute atomic E-state index is 0.114. The highest BCUT2D eigenvalue weighted by Crippen LogP contribution is 2.45. The van der Waals surface area contributed by atoms with E-state index in [1.807, 2.05) is 58.0 Å². The molecule has 0 fully saturated rings. The smallest absolute Gasteiger partial charge is 0.310 e. The summed E-state index contributed by atoms with van der Waals surface area (Å²) in [5.74, 6) is 4.93. The molecule has 41 heavy (non-hydrogen) atoms. The van der Waals surface area contributed by atoms with E-state index in [9.17, 15) is 18.3 Å². The average molecular weight is 581 g/mol. The van der Waals surface area contributed by atoms with Crippen LogP contribution in [-0.2, 0) is 21.4 Å². The highest BCUT2D eigenvalue weighted by Gasteiger charge is 2.41. The van der Waals surface area contributed by atoms with Gasteiger partial charge in [-0.1, -0.05) is 36.4 Å². The molecule has 5 N–H and O–H groups in total. The molecule has 0 amide bonds. The van der Waals surface area contributed by atoms with Crippen LogP contribution in [0.1, 0.15) is 61.4 Å². The van der Waals surface area contributed by atoms with Crippen LogP contribution in [-0.4, -0.2) is 43.0 Å². The highest BCUT2D eigenvalue weighted by atomic mass is 32.2. The average Bonchev–Trinajstić information content (AvgIpc) is 3.01. The van der Waals surface area contributed by atoms with Gasteiger partial charge in [-0.15, -0.1) is 0 Å². The molecule has 0 saturated carbocycles. The van der Waals surface area contributed by atoms with Gasteiger partial charge in [-0.3, -0.25) is 4.79 Å². The number of carboxylic acid groups (broad SMARTS) is 1. The van der Waals surface area contributed by atoms with Crippen LogP contribution in [0.3, 0.4) is 0 Å². The predicted molar refractivity (Wildman–Crippen MR) is 161 cm³/mol. The lowest BCUT2D eigenvalue weighted by Gasteiger charge is -2.34. The molecule has 0 bridgehead atoms. The summed E-state index contributed by atoms with van der Waals surface area (Å²) in [5, 5.41) is 11.9. The van der Waals surface area contributed by atoms with Gasteiger partial charge in [0.15, 0.2) is 0 Å². The number of sulfonamides is 1. The molecule has 0 spiro atoms. The van der Waals surface area contributed by atoms with Gasteiger partial charge in [0.1, 0.15) is 16.7 Å². The van der Waals surface area contributed by atoms with Gasteiger partial charge in [-0.05, 0) is 87.6 Å². The first-order valence-corrected chi connectivity index (χ1v) is 15.1.